The highest BCUT2D eigenvalue weighted by atomic mass is 19.1. The van der Waals surface area contributed by atoms with Crippen molar-refractivity contribution in [3.8, 4) is 11.8 Å². The topological polar surface area (TPSA) is 33.1 Å². The van der Waals surface area contributed by atoms with Crippen molar-refractivity contribution in [1.29, 1.82) is 0 Å². The van der Waals surface area contributed by atoms with Crippen molar-refractivity contribution >= 4 is 0 Å². The molecule has 0 fully saturated rings. The molecule has 12 heavy (non-hydrogen) atoms. The summed E-state index contributed by atoms with van der Waals surface area (Å²) in [6, 6.07) is 1.25. The molecule has 1 aromatic rings. The Hall–Kier alpha value is -1.40. The van der Waals surface area contributed by atoms with E-state index in [9.17, 15) is 4.39 Å². The molecule has 0 amide bonds. The van der Waals surface area contributed by atoms with Crippen LogP contribution in [0.3, 0.4) is 0 Å². The highest BCUT2D eigenvalue weighted by Gasteiger charge is 1.96. The van der Waals surface area contributed by atoms with E-state index in [0.717, 1.165) is 5.56 Å². The molecule has 2 nitrogen and oxygen atoms in total. The zero-order chi connectivity index (χ0) is 8.97. The van der Waals surface area contributed by atoms with Crippen molar-refractivity contribution in [2.45, 2.75) is 6.92 Å². The number of aromatic nitrogens is 1. The van der Waals surface area contributed by atoms with Crippen molar-refractivity contribution in [3.05, 3.63) is 29.3 Å². The summed E-state index contributed by atoms with van der Waals surface area (Å²) in [4.78, 5) is 3.45. The van der Waals surface area contributed by atoms with Gasteiger partial charge in [0.25, 0.3) is 0 Å². The molecule has 0 unspecified atom stereocenters. The van der Waals surface area contributed by atoms with Crippen LogP contribution >= 0.6 is 0 Å². The van der Waals surface area contributed by atoms with Gasteiger partial charge in [0.05, 0.1) is 0 Å². The molecule has 0 saturated heterocycles. The molecular weight excluding hydrogens is 157 g/mol. The van der Waals surface area contributed by atoms with Crippen LogP contribution in [-0.2, 0) is 0 Å². The van der Waals surface area contributed by atoms with Gasteiger partial charge >= 0.3 is 0 Å². The number of aryl methyl sites for hydroxylation is 1. The fourth-order valence-corrected chi connectivity index (χ4v) is 0.768. The first-order chi connectivity index (χ1) is 5.74. The minimum atomic E-state index is -0.553. The number of nitrogens with zero attached hydrogens (tertiary/aromatic N) is 1. The Morgan fingerprint density at radius 1 is 1.67 bits per heavy atom. The number of aliphatic hydroxyl groups is 1. The summed E-state index contributed by atoms with van der Waals surface area (Å²) in [5.41, 5.74) is 1.37. The molecule has 0 spiro atoms. The van der Waals surface area contributed by atoms with Crippen molar-refractivity contribution in [3.63, 3.8) is 0 Å². The molecule has 0 aliphatic heterocycles. The molecule has 0 aliphatic rings. The summed E-state index contributed by atoms with van der Waals surface area (Å²) < 4.78 is 12.5. The van der Waals surface area contributed by atoms with Crippen LogP contribution in [0.15, 0.2) is 12.3 Å². The lowest BCUT2D eigenvalue weighted by molar-refractivity contribution is 0.350. The van der Waals surface area contributed by atoms with Gasteiger partial charge in [-0.2, -0.15) is 4.39 Å². The van der Waals surface area contributed by atoms with Gasteiger partial charge in [0.15, 0.2) is 0 Å². The fraction of sp³-hybridized carbons (Fsp3) is 0.222. The molecule has 3 heteroatoms. The van der Waals surface area contributed by atoms with E-state index >= 15 is 0 Å². The molecule has 0 bridgehead atoms. The standard InChI is InChI=1S/C9H8FNO/c1-7-6-11-9(10)5-8(7)3-2-4-12/h5-6,12H,4H2,1H3. The van der Waals surface area contributed by atoms with Crippen molar-refractivity contribution < 1.29 is 9.50 Å². The highest BCUT2D eigenvalue weighted by Crippen LogP contribution is 2.05. The predicted molar refractivity (Wildman–Crippen MR) is 42.9 cm³/mol. The molecule has 62 valence electrons. The summed E-state index contributed by atoms with van der Waals surface area (Å²) in [5.74, 6) is 4.51. The fourth-order valence-electron chi connectivity index (χ4n) is 0.768. The zero-order valence-electron chi connectivity index (χ0n) is 6.63. The van der Waals surface area contributed by atoms with Gasteiger partial charge in [-0.3, -0.25) is 0 Å². The second-order valence-corrected chi connectivity index (χ2v) is 2.28. The molecule has 0 atom stereocenters. The molecular formula is C9H8FNO. The quantitative estimate of drug-likeness (QED) is 0.457. The van der Waals surface area contributed by atoms with Crippen LogP contribution in [0, 0.1) is 24.7 Å². The predicted octanol–water partition coefficient (Wildman–Crippen LogP) is 0.873. The third-order valence-corrected chi connectivity index (χ3v) is 1.37. The number of pyridine rings is 1. The Morgan fingerprint density at radius 3 is 3.08 bits per heavy atom. The van der Waals surface area contributed by atoms with Crippen LogP contribution in [0.2, 0.25) is 0 Å². The molecule has 1 heterocycles. The minimum absolute atomic E-state index is 0.219. The van der Waals surface area contributed by atoms with Crippen LogP contribution < -0.4 is 0 Å². The van der Waals surface area contributed by atoms with E-state index in [1.807, 2.05) is 0 Å². The van der Waals surface area contributed by atoms with Gasteiger partial charge in [0, 0.05) is 17.8 Å². The van der Waals surface area contributed by atoms with Crippen molar-refractivity contribution in [1.82, 2.24) is 4.98 Å². The van der Waals surface area contributed by atoms with Gasteiger partial charge < -0.3 is 5.11 Å². The van der Waals surface area contributed by atoms with Crippen LogP contribution in [0.1, 0.15) is 11.1 Å². The number of rotatable bonds is 0. The largest absolute Gasteiger partial charge is 0.384 e. The second-order valence-electron chi connectivity index (χ2n) is 2.28. The SMILES string of the molecule is Cc1cnc(F)cc1C#CCO. The lowest BCUT2D eigenvalue weighted by Gasteiger charge is -1.95. The van der Waals surface area contributed by atoms with Crippen LogP contribution in [-0.4, -0.2) is 16.7 Å². The zero-order valence-corrected chi connectivity index (χ0v) is 6.63. The summed E-state index contributed by atoms with van der Waals surface area (Å²) >= 11 is 0. The number of aliphatic hydroxyl groups excluding tert-OH is 1. The van der Waals surface area contributed by atoms with E-state index in [-0.39, 0.29) is 6.61 Å². The monoisotopic (exact) mass is 165 g/mol. The average Bonchev–Trinajstić information content (AvgIpc) is 2.07. The van der Waals surface area contributed by atoms with Crippen molar-refractivity contribution in [2.24, 2.45) is 0 Å². The summed E-state index contributed by atoms with van der Waals surface area (Å²) in [7, 11) is 0. The lowest BCUT2D eigenvalue weighted by Crippen LogP contribution is -1.88. The molecule has 1 N–H and O–H groups in total. The normalized spacial score (nSPS) is 8.92. The summed E-state index contributed by atoms with van der Waals surface area (Å²) in [6.07, 6.45) is 1.41. The first kappa shape index (κ1) is 8.69. The van der Waals surface area contributed by atoms with Gasteiger partial charge in [-0.05, 0) is 12.5 Å². The van der Waals surface area contributed by atoms with E-state index in [1.165, 1.54) is 12.3 Å². The van der Waals surface area contributed by atoms with Gasteiger partial charge in [-0.15, -0.1) is 0 Å². The molecule has 1 rings (SSSR count). The van der Waals surface area contributed by atoms with Gasteiger partial charge in [-0.1, -0.05) is 11.8 Å². The van der Waals surface area contributed by atoms with Gasteiger partial charge in [0.1, 0.15) is 6.61 Å². The first-order valence-electron chi connectivity index (χ1n) is 3.46. The van der Waals surface area contributed by atoms with Crippen LogP contribution in [0.5, 0.6) is 0 Å². The maximum atomic E-state index is 12.5. The third-order valence-electron chi connectivity index (χ3n) is 1.37. The smallest absolute Gasteiger partial charge is 0.214 e. The average molecular weight is 165 g/mol. The lowest BCUT2D eigenvalue weighted by atomic mass is 10.2. The van der Waals surface area contributed by atoms with Crippen molar-refractivity contribution in [2.75, 3.05) is 6.61 Å². The second kappa shape index (κ2) is 3.84. The van der Waals surface area contributed by atoms with E-state index < -0.39 is 5.95 Å². The number of hydrogen-bond donors (Lipinski definition) is 1. The molecule has 0 saturated carbocycles. The van der Waals surface area contributed by atoms with E-state index in [0.29, 0.717) is 5.56 Å². The summed E-state index contributed by atoms with van der Waals surface area (Å²) in [5, 5.41) is 8.40. The van der Waals surface area contributed by atoms with Crippen LogP contribution in [0.25, 0.3) is 0 Å². The molecule has 1 aromatic heterocycles. The Morgan fingerprint density at radius 2 is 2.42 bits per heavy atom. The maximum absolute atomic E-state index is 12.5. The maximum Gasteiger partial charge on any atom is 0.214 e. The highest BCUT2D eigenvalue weighted by molar-refractivity contribution is 5.38. The Bertz CT molecular complexity index is 338. The number of halogens is 1. The Labute approximate surface area is 70.1 Å². The number of hydrogen-bond acceptors (Lipinski definition) is 2. The molecule has 0 aromatic carbocycles. The van der Waals surface area contributed by atoms with E-state index in [1.54, 1.807) is 6.92 Å². The first-order valence-corrected chi connectivity index (χ1v) is 3.46. The Balaban J connectivity index is 3.05. The van der Waals surface area contributed by atoms with Gasteiger partial charge in [-0.25, -0.2) is 4.98 Å². The minimum Gasteiger partial charge on any atom is -0.384 e. The van der Waals surface area contributed by atoms with E-state index in [2.05, 4.69) is 16.8 Å². The summed E-state index contributed by atoms with van der Waals surface area (Å²) in [6.45, 7) is 1.57. The molecule has 0 aliphatic carbocycles. The van der Waals surface area contributed by atoms with Gasteiger partial charge in [0.2, 0.25) is 5.95 Å². The molecule has 0 radical (unpaired) electrons. The Kier molecular flexibility index (Phi) is 2.78. The van der Waals surface area contributed by atoms with E-state index in [4.69, 9.17) is 5.11 Å². The third kappa shape index (κ3) is 2.04. The van der Waals surface area contributed by atoms with Crippen LogP contribution in [0.4, 0.5) is 4.39 Å².